The number of thioether (sulfide) groups is 1. The van der Waals surface area contributed by atoms with Crippen molar-refractivity contribution in [2.24, 2.45) is 0 Å². The third-order valence-electron chi connectivity index (χ3n) is 3.60. The number of rotatable bonds is 8. The molecule has 0 amide bonds. The van der Waals surface area contributed by atoms with Crippen LogP contribution in [-0.4, -0.2) is 36.1 Å². The maximum absolute atomic E-state index is 5.75. The van der Waals surface area contributed by atoms with Gasteiger partial charge < -0.3 is 14.2 Å². The summed E-state index contributed by atoms with van der Waals surface area (Å²) in [4.78, 5) is 4.42. The fourth-order valence-corrected chi connectivity index (χ4v) is 3.09. The van der Waals surface area contributed by atoms with Crippen LogP contribution in [0.1, 0.15) is 0 Å². The van der Waals surface area contributed by atoms with Crippen molar-refractivity contribution < 1.29 is 14.2 Å². The van der Waals surface area contributed by atoms with Gasteiger partial charge in [0.25, 0.3) is 0 Å². The van der Waals surface area contributed by atoms with Gasteiger partial charge in [0, 0.05) is 23.8 Å². The Kier molecular flexibility index (Phi) is 5.85. The van der Waals surface area contributed by atoms with Gasteiger partial charge >= 0.3 is 0 Å². The standard InChI is InChI=1S/C19H20N2O3S/c1-22-16-5-3-15(4-6-16)21-12-11-20-19(21)25-14-13-24-18-9-7-17(23-2)8-10-18/h3-12H,13-14H2,1-2H3. The van der Waals surface area contributed by atoms with Crippen LogP contribution in [0.5, 0.6) is 17.2 Å². The molecule has 3 aromatic rings. The normalized spacial score (nSPS) is 10.5. The van der Waals surface area contributed by atoms with Crippen molar-refractivity contribution in [1.82, 2.24) is 9.55 Å². The molecule has 0 radical (unpaired) electrons. The third kappa shape index (κ3) is 4.48. The first-order valence-corrected chi connectivity index (χ1v) is 8.86. The smallest absolute Gasteiger partial charge is 0.172 e. The van der Waals surface area contributed by atoms with Gasteiger partial charge in [-0.25, -0.2) is 4.98 Å². The highest BCUT2D eigenvalue weighted by atomic mass is 32.2. The number of benzene rings is 2. The quantitative estimate of drug-likeness (QED) is 0.450. The number of imidazole rings is 1. The molecule has 2 aromatic carbocycles. The summed E-state index contributed by atoms with van der Waals surface area (Å²) in [5, 5.41) is 0.934. The van der Waals surface area contributed by atoms with Crippen molar-refractivity contribution in [2.45, 2.75) is 5.16 Å². The van der Waals surface area contributed by atoms with Crippen LogP contribution in [0.2, 0.25) is 0 Å². The highest BCUT2D eigenvalue weighted by Gasteiger charge is 2.06. The summed E-state index contributed by atoms with van der Waals surface area (Å²) in [5.74, 6) is 3.30. The Morgan fingerprint density at radius 1 is 0.880 bits per heavy atom. The molecule has 1 heterocycles. The topological polar surface area (TPSA) is 45.5 Å². The molecule has 0 fully saturated rings. The van der Waals surface area contributed by atoms with Crippen LogP contribution in [0.3, 0.4) is 0 Å². The SMILES string of the molecule is COc1ccc(OCCSc2nccn2-c2ccc(OC)cc2)cc1. The number of ether oxygens (including phenoxy) is 3. The average Bonchev–Trinajstić information content (AvgIpc) is 3.14. The van der Waals surface area contributed by atoms with Crippen LogP contribution in [0, 0.1) is 0 Å². The molecule has 0 bridgehead atoms. The molecule has 0 spiro atoms. The van der Waals surface area contributed by atoms with Crippen molar-refractivity contribution in [2.75, 3.05) is 26.6 Å². The number of hydrogen-bond acceptors (Lipinski definition) is 5. The molecular formula is C19H20N2O3S. The van der Waals surface area contributed by atoms with E-state index in [1.165, 1.54) is 0 Å². The molecule has 0 aliphatic rings. The lowest BCUT2D eigenvalue weighted by Gasteiger charge is -2.09. The lowest BCUT2D eigenvalue weighted by Crippen LogP contribution is -2.02. The first-order valence-electron chi connectivity index (χ1n) is 7.87. The minimum atomic E-state index is 0.604. The van der Waals surface area contributed by atoms with Gasteiger partial charge in [-0.05, 0) is 48.5 Å². The summed E-state index contributed by atoms with van der Waals surface area (Å²) in [7, 11) is 3.31. The molecular weight excluding hydrogens is 336 g/mol. The molecule has 5 nitrogen and oxygen atoms in total. The summed E-state index contributed by atoms with van der Waals surface area (Å²) in [6.07, 6.45) is 3.76. The second-order valence-corrected chi connectivity index (χ2v) is 6.21. The average molecular weight is 356 g/mol. The lowest BCUT2D eigenvalue weighted by molar-refractivity contribution is 0.342. The molecule has 3 rings (SSSR count). The highest BCUT2D eigenvalue weighted by molar-refractivity contribution is 7.99. The minimum Gasteiger partial charge on any atom is -0.497 e. The van der Waals surface area contributed by atoms with Crippen LogP contribution in [0.4, 0.5) is 0 Å². The Hall–Kier alpha value is -2.60. The molecule has 1 aromatic heterocycles. The molecule has 0 unspecified atom stereocenters. The van der Waals surface area contributed by atoms with E-state index in [9.17, 15) is 0 Å². The molecule has 0 atom stereocenters. The van der Waals surface area contributed by atoms with E-state index < -0.39 is 0 Å². The Bertz CT molecular complexity index is 785. The van der Waals surface area contributed by atoms with E-state index in [-0.39, 0.29) is 0 Å². The van der Waals surface area contributed by atoms with E-state index in [2.05, 4.69) is 9.55 Å². The Balaban J connectivity index is 1.54. The summed E-state index contributed by atoms with van der Waals surface area (Å²) in [6, 6.07) is 15.5. The van der Waals surface area contributed by atoms with Crippen LogP contribution < -0.4 is 14.2 Å². The fourth-order valence-electron chi connectivity index (χ4n) is 2.30. The number of methoxy groups -OCH3 is 2. The van der Waals surface area contributed by atoms with Crippen molar-refractivity contribution in [3.05, 3.63) is 60.9 Å². The summed E-state index contributed by atoms with van der Waals surface area (Å²) in [6.45, 7) is 0.604. The van der Waals surface area contributed by atoms with Crippen LogP contribution in [0.15, 0.2) is 66.1 Å². The van der Waals surface area contributed by atoms with Gasteiger partial charge in [-0.3, -0.25) is 4.57 Å². The lowest BCUT2D eigenvalue weighted by atomic mass is 10.3. The zero-order valence-electron chi connectivity index (χ0n) is 14.2. The van der Waals surface area contributed by atoms with E-state index in [0.29, 0.717) is 6.61 Å². The monoisotopic (exact) mass is 356 g/mol. The van der Waals surface area contributed by atoms with Gasteiger partial charge in [-0.15, -0.1) is 0 Å². The maximum Gasteiger partial charge on any atom is 0.172 e. The van der Waals surface area contributed by atoms with Crippen LogP contribution in [0.25, 0.3) is 5.69 Å². The molecule has 25 heavy (non-hydrogen) atoms. The largest absolute Gasteiger partial charge is 0.497 e. The molecule has 0 saturated heterocycles. The summed E-state index contributed by atoms with van der Waals surface area (Å²) >= 11 is 1.66. The minimum absolute atomic E-state index is 0.604. The highest BCUT2D eigenvalue weighted by Crippen LogP contribution is 2.23. The van der Waals surface area contributed by atoms with Gasteiger partial charge in [0.15, 0.2) is 5.16 Å². The van der Waals surface area contributed by atoms with Gasteiger partial charge in [0.2, 0.25) is 0 Å². The Morgan fingerprint density at radius 3 is 2.12 bits per heavy atom. The Morgan fingerprint density at radius 2 is 1.48 bits per heavy atom. The number of nitrogens with zero attached hydrogens (tertiary/aromatic N) is 2. The van der Waals surface area contributed by atoms with Crippen molar-refractivity contribution in [1.29, 1.82) is 0 Å². The molecule has 6 heteroatoms. The van der Waals surface area contributed by atoms with E-state index in [4.69, 9.17) is 14.2 Å². The fraction of sp³-hybridized carbons (Fsp3) is 0.211. The molecule has 130 valence electrons. The van der Waals surface area contributed by atoms with Gasteiger partial charge in [-0.2, -0.15) is 0 Å². The molecule has 0 N–H and O–H groups in total. The van der Waals surface area contributed by atoms with Crippen molar-refractivity contribution >= 4 is 11.8 Å². The zero-order chi connectivity index (χ0) is 17.5. The van der Waals surface area contributed by atoms with Gasteiger partial charge in [0.05, 0.1) is 20.8 Å². The van der Waals surface area contributed by atoms with Crippen molar-refractivity contribution in [3.63, 3.8) is 0 Å². The first-order chi connectivity index (χ1) is 12.3. The van der Waals surface area contributed by atoms with E-state index in [1.807, 2.05) is 54.7 Å². The summed E-state index contributed by atoms with van der Waals surface area (Å²) in [5.41, 5.74) is 1.05. The molecule has 0 aliphatic carbocycles. The van der Waals surface area contributed by atoms with E-state index in [1.54, 1.807) is 32.2 Å². The zero-order valence-corrected chi connectivity index (χ0v) is 15.0. The van der Waals surface area contributed by atoms with Crippen LogP contribution in [-0.2, 0) is 0 Å². The third-order valence-corrected chi connectivity index (χ3v) is 4.53. The Labute approximate surface area is 151 Å². The predicted octanol–water partition coefficient (Wildman–Crippen LogP) is 4.06. The number of hydrogen-bond donors (Lipinski definition) is 0. The molecule has 0 aliphatic heterocycles. The van der Waals surface area contributed by atoms with Crippen molar-refractivity contribution in [3.8, 4) is 22.9 Å². The predicted molar refractivity (Wildman–Crippen MR) is 99.3 cm³/mol. The maximum atomic E-state index is 5.75. The van der Waals surface area contributed by atoms with E-state index in [0.717, 1.165) is 33.8 Å². The van der Waals surface area contributed by atoms with Gasteiger partial charge in [-0.1, -0.05) is 11.8 Å². The number of aromatic nitrogens is 2. The van der Waals surface area contributed by atoms with E-state index >= 15 is 0 Å². The van der Waals surface area contributed by atoms with Crippen LogP contribution >= 0.6 is 11.8 Å². The second kappa shape index (κ2) is 8.48. The van der Waals surface area contributed by atoms with Gasteiger partial charge in [0.1, 0.15) is 17.2 Å². The summed E-state index contributed by atoms with van der Waals surface area (Å²) < 4.78 is 18.1. The second-order valence-electron chi connectivity index (χ2n) is 5.15. The molecule has 0 saturated carbocycles. The first kappa shape index (κ1) is 17.2.